The fourth-order valence-corrected chi connectivity index (χ4v) is 4.85. The van der Waals surface area contributed by atoms with E-state index in [4.69, 9.17) is 4.74 Å². The molecule has 1 aromatic carbocycles. The largest absolute Gasteiger partial charge is 0.368 e. The molecule has 0 spiro atoms. The predicted molar refractivity (Wildman–Crippen MR) is 149 cm³/mol. The molecule has 0 aliphatic carbocycles. The predicted octanol–water partition coefficient (Wildman–Crippen LogP) is 0.667. The van der Waals surface area contributed by atoms with Crippen LogP contribution in [0, 0.1) is 5.92 Å². The van der Waals surface area contributed by atoms with Crippen molar-refractivity contribution in [3.8, 4) is 0 Å². The van der Waals surface area contributed by atoms with Gasteiger partial charge < -0.3 is 30.9 Å². The summed E-state index contributed by atoms with van der Waals surface area (Å²) in [4.78, 5) is 66.8. The molecule has 2 aliphatic heterocycles. The molecule has 0 saturated carbocycles. The average molecular weight is 558 g/mol. The molecular weight excluding hydrogens is 514 g/mol. The van der Waals surface area contributed by atoms with Crippen molar-refractivity contribution in [3.05, 3.63) is 35.9 Å². The van der Waals surface area contributed by atoms with Crippen molar-refractivity contribution in [2.75, 3.05) is 26.2 Å². The molecule has 0 radical (unpaired) electrons. The van der Waals surface area contributed by atoms with Crippen LogP contribution in [0.4, 0.5) is 0 Å². The van der Waals surface area contributed by atoms with Gasteiger partial charge in [-0.15, -0.1) is 0 Å². The van der Waals surface area contributed by atoms with Crippen molar-refractivity contribution >= 4 is 29.5 Å². The topological polar surface area (TPSA) is 146 Å². The number of benzene rings is 1. The summed E-state index contributed by atoms with van der Waals surface area (Å²) in [6.07, 6.45) is 2.30. The number of carbonyl (C=O) groups excluding carboxylic acids is 5. The zero-order chi connectivity index (χ0) is 29.1. The van der Waals surface area contributed by atoms with Gasteiger partial charge in [-0.25, -0.2) is 0 Å². The maximum Gasteiger partial charge on any atom is 0.251 e. The molecule has 5 amide bonds. The Balaban J connectivity index is 1.78. The summed E-state index contributed by atoms with van der Waals surface area (Å²) in [5.41, 5.74) is 0.854. The Morgan fingerprint density at radius 3 is 2.35 bits per heavy atom. The first-order chi connectivity index (χ1) is 19.2. The Labute approximate surface area is 236 Å². The second kappa shape index (κ2) is 15.4. The minimum atomic E-state index is -0.923. The second-order valence-corrected chi connectivity index (χ2v) is 10.8. The molecule has 2 fully saturated rings. The molecule has 4 N–H and O–H groups in total. The van der Waals surface area contributed by atoms with Gasteiger partial charge in [0, 0.05) is 39.1 Å². The van der Waals surface area contributed by atoms with Crippen LogP contribution < -0.4 is 21.3 Å². The van der Waals surface area contributed by atoms with Crippen LogP contribution in [-0.2, 0) is 35.1 Å². The summed E-state index contributed by atoms with van der Waals surface area (Å²) >= 11 is 0. The lowest BCUT2D eigenvalue weighted by atomic mass is 10.0. The normalized spacial score (nSPS) is 26.2. The molecule has 11 heteroatoms. The van der Waals surface area contributed by atoms with E-state index in [0.717, 1.165) is 12.0 Å². The summed E-state index contributed by atoms with van der Waals surface area (Å²) in [7, 11) is 0. The van der Waals surface area contributed by atoms with Gasteiger partial charge >= 0.3 is 0 Å². The van der Waals surface area contributed by atoms with Crippen molar-refractivity contribution < 1.29 is 28.7 Å². The van der Waals surface area contributed by atoms with Crippen molar-refractivity contribution in [1.29, 1.82) is 0 Å². The van der Waals surface area contributed by atoms with Crippen LogP contribution in [0.15, 0.2) is 30.3 Å². The van der Waals surface area contributed by atoms with E-state index in [1.807, 2.05) is 44.2 Å². The smallest absolute Gasteiger partial charge is 0.251 e. The highest BCUT2D eigenvalue weighted by molar-refractivity contribution is 5.94. The van der Waals surface area contributed by atoms with E-state index in [1.54, 1.807) is 11.8 Å². The Morgan fingerprint density at radius 2 is 1.68 bits per heavy atom. The van der Waals surface area contributed by atoms with Crippen molar-refractivity contribution in [1.82, 2.24) is 26.2 Å². The highest BCUT2D eigenvalue weighted by atomic mass is 16.5. The van der Waals surface area contributed by atoms with Gasteiger partial charge in [0.1, 0.15) is 24.2 Å². The highest BCUT2D eigenvalue weighted by Crippen LogP contribution is 2.16. The summed E-state index contributed by atoms with van der Waals surface area (Å²) in [5, 5.41) is 11.1. The molecule has 3 rings (SSSR count). The van der Waals surface area contributed by atoms with Gasteiger partial charge in [-0.2, -0.15) is 0 Å². The molecule has 11 nitrogen and oxygen atoms in total. The maximum absolute atomic E-state index is 13.2. The number of ether oxygens (including phenoxy) is 1. The molecule has 40 heavy (non-hydrogen) atoms. The van der Waals surface area contributed by atoms with E-state index in [2.05, 4.69) is 21.3 Å². The molecule has 2 aliphatic rings. The van der Waals surface area contributed by atoms with E-state index in [0.29, 0.717) is 45.5 Å². The Kier molecular flexibility index (Phi) is 11.9. The third-order valence-corrected chi connectivity index (χ3v) is 7.19. The Bertz CT molecular complexity index is 1030. The lowest BCUT2D eigenvalue weighted by Gasteiger charge is -2.27. The zero-order valence-corrected chi connectivity index (χ0v) is 23.7. The lowest BCUT2D eigenvalue weighted by molar-refractivity contribution is -0.141. The number of amides is 5. The highest BCUT2D eigenvalue weighted by Gasteiger charge is 2.31. The first-order valence-corrected chi connectivity index (χ1v) is 14.3. The number of nitrogens with zero attached hydrogens (tertiary/aromatic N) is 1. The van der Waals surface area contributed by atoms with Crippen LogP contribution in [-0.4, -0.2) is 84.9 Å². The number of rotatable bonds is 4. The van der Waals surface area contributed by atoms with E-state index in [-0.39, 0.29) is 36.5 Å². The molecule has 220 valence electrons. The standard InChI is InChI=1S/C29H43N5O6/c1-19(2)25-28(38)30-14-9-16-34(29(39)23-12-8-17-40-23)15-7-13-24(35)32-22(18-21-10-5-4-6-11-21)27(37)31-20(3)26(36)33-25/h4-6,10-11,19-20,22-23,25H,7-9,12-18H2,1-3H3,(H,30,38)(H,31,37)(H,32,35)(H,33,36)/t20-,22+,23-,25-/m1/s1. The van der Waals surface area contributed by atoms with Gasteiger partial charge in [0.15, 0.2) is 0 Å². The Hall–Kier alpha value is -3.47. The molecule has 4 atom stereocenters. The lowest BCUT2D eigenvalue weighted by Crippen LogP contribution is -2.57. The Morgan fingerprint density at radius 1 is 0.950 bits per heavy atom. The van der Waals surface area contributed by atoms with Gasteiger partial charge in [-0.3, -0.25) is 24.0 Å². The molecule has 0 unspecified atom stereocenters. The minimum absolute atomic E-state index is 0.110. The molecule has 2 saturated heterocycles. The average Bonchev–Trinajstić information content (AvgIpc) is 3.47. The van der Waals surface area contributed by atoms with E-state index < -0.39 is 36.0 Å². The van der Waals surface area contributed by atoms with Gasteiger partial charge in [0.05, 0.1) is 0 Å². The van der Waals surface area contributed by atoms with E-state index in [1.165, 1.54) is 0 Å². The maximum atomic E-state index is 13.2. The van der Waals surface area contributed by atoms with Crippen LogP contribution in [0.5, 0.6) is 0 Å². The molecule has 0 bridgehead atoms. The fraction of sp³-hybridized carbons (Fsp3) is 0.621. The zero-order valence-electron chi connectivity index (χ0n) is 23.7. The number of hydrogen-bond acceptors (Lipinski definition) is 6. The first kappa shape index (κ1) is 31.1. The van der Waals surface area contributed by atoms with Crippen molar-refractivity contribution in [2.24, 2.45) is 5.92 Å². The second-order valence-electron chi connectivity index (χ2n) is 10.8. The summed E-state index contributed by atoms with van der Waals surface area (Å²) < 4.78 is 5.59. The number of nitrogens with one attached hydrogen (secondary N) is 4. The molecule has 1 aromatic rings. The van der Waals surface area contributed by atoms with Gasteiger partial charge in [0.2, 0.25) is 23.6 Å². The number of hydrogen-bond donors (Lipinski definition) is 4. The molecule has 2 heterocycles. The van der Waals surface area contributed by atoms with E-state index in [9.17, 15) is 24.0 Å². The van der Waals surface area contributed by atoms with Crippen molar-refractivity contribution in [2.45, 2.75) is 83.5 Å². The van der Waals surface area contributed by atoms with Crippen LogP contribution in [0.25, 0.3) is 0 Å². The summed E-state index contributed by atoms with van der Waals surface area (Å²) in [5.74, 6) is -1.94. The van der Waals surface area contributed by atoms with Gasteiger partial charge in [-0.05, 0) is 44.1 Å². The summed E-state index contributed by atoms with van der Waals surface area (Å²) in [6.45, 7) is 6.82. The van der Waals surface area contributed by atoms with Crippen molar-refractivity contribution in [3.63, 3.8) is 0 Å². The summed E-state index contributed by atoms with van der Waals surface area (Å²) in [6, 6.07) is 6.67. The van der Waals surface area contributed by atoms with Crippen LogP contribution in [0.3, 0.4) is 0 Å². The van der Waals surface area contributed by atoms with E-state index >= 15 is 0 Å². The van der Waals surface area contributed by atoms with Gasteiger partial charge in [0.25, 0.3) is 5.91 Å². The fourth-order valence-electron chi connectivity index (χ4n) is 4.85. The minimum Gasteiger partial charge on any atom is -0.368 e. The molecule has 0 aromatic heterocycles. The van der Waals surface area contributed by atoms with Crippen LogP contribution >= 0.6 is 0 Å². The quantitative estimate of drug-likeness (QED) is 0.428. The van der Waals surface area contributed by atoms with Crippen LogP contribution in [0.2, 0.25) is 0 Å². The SMILES string of the molecule is CC(C)[C@H]1NC(=O)[C@@H](C)NC(=O)[C@H](Cc2ccccc2)NC(=O)CCCN(C(=O)[C@H]2CCCO2)CCCNC1=O. The van der Waals surface area contributed by atoms with Crippen LogP contribution in [0.1, 0.15) is 58.4 Å². The monoisotopic (exact) mass is 557 g/mol. The third kappa shape index (κ3) is 9.32. The first-order valence-electron chi connectivity index (χ1n) is 14.3. The van der Waals surface area contributed by atoms with Gasteiger partial charge in [-0.1, -0.05) is 44.2 Å². The third-order valence-electron chi connectivity index (χ3n) is 7.19. The molecular formula is C29H43N5O6. The number of carbonyl (C=O) groups is 5.